The Labute approximate surface area is 97.1 Å². The number of carboxylic acids is 1. The number of carboxylic acid groups (broad SMARTS) is 1. The van der Waals surface area contributed by atoms with Crippen molar-refractivity contribution >= 4 is 23.3 Å². The van der Waals surface area contributed by atoms with Gasteiger partial charge in [0.05, 0.1) is 11.6 Å². The average Bonchev–Trinajstić information content (AvgIpc) is 2.70. The van der Waals surface area contributed by atoms with Crippen LogP contribution in [0.15, 0.2) is 11.6 Å². The van der Waals surface area contributed by atoms with Gasteiger partial charge in [0.2, 0.25) is 0 Å². The molecule has 1 aromatic rings. The molecule has 0 aliphatic rings. The Hall–Kier alpha value is -1.43. The number of carbonyl (C=O) groups is 2. The number of hydrogen-bond acceptors (Lipinski definition) is 5. The second-order valence-electron chi connectivity index (χ2n) is 3.46. The highest BCUT2D eigenvalue weighted by Crippen LogP contribution is 2.25. The number of esters is 1. The standard InChI is InChI=1S/C10H13NO4S/c1-3-15-9(14)10(2,8(12)13)6-7-11-4-5-16-7/h4-5H,3,6H2,1-2H3,(H,12,13). The molecule has 1 atom stereocenters. The number of aliphatic carboxylic acids is 1. The number of rotatable bonds is 5. The maximum Gasteiger partial charge on any atom is 0.323 e. The van der Waals surface area contributed by atoms with E-state index in [1.165, 1.54) is 18.3 Å². The SMILES string of the molecule is CCOC(=O)C(C)(Cc1nccs1)C(=O)O. The summed E-state index contributed by atoms with van der Waals surface area (Å²) >= 11 is 1.32. The average molecular weight is 243 g/mol. The Balaban J connectivity index is 2.88. The van der Waals surface area contributed by atoms with E-state index in [2.05, 4.69) is 4.98 Å². The van der Waals surface area contributed by atoms with Crippen molar-refractivity contribution in [3.05, 3.63) is 16.6 Å². The molecule has 0 saturated carbocycles. The largest absolute Gasteiger partial charge is 0.480 e. The van der Waals surface area contributed by atoms with Crippen molar-refractivity contribution in [2.24, 2.45) is 5.41 Å². The van der Waals surface area contributed by atoms with E-state index in [0.29, 0.717) is 5.01 Å². The fourth-order valence-electron chi connectivity index (χ4n) is 1.17. The highest BCUT2D eigenvalue weighted by atomic mass is 32.1. The van der Waals surface area contributed by atoms with E-state index in [9.17, 15) is 9.59 Å². The van der Waals surface area contributed by atoms with Gasteiger partial charge in [0, 0.05) is 18.0 Å². The predicted octanol–water partition coefficient (Wildman–Crippen LogP) is 1.34. The summed E-state index contributed by atoms with van der Waals surface area (Å²) in [5.74, 6) is -1.92. The van der Waals surface area contributed by atoms with Gasteiger partial charge in [0.25, 0.3) is 0 Å². The molecule has 0 spiro atoms. The minimum atomic E-state index is -1.56. The Morgan fingerprint density at radius 1 is 1.62 bits per heavy atom. The molecule has 1 N–H and O–H groups in total. The second-order valence-corrected chi connectivity index (χ2v) is 4.44. The Bertz CT molecular complexity index is 376. The van der Waals surface area contributed by atoms with Crippen molar-refractivity contribution < 1.29 is 19.4 Å². The van der Waals surface area contributed by atoms with E-state index < -0.39 is 17.4 Å². The molecule has 5 nitrogen and oxygen atoms in total. The summed E-state index contributed by atoms with van der Waals surface area (Å²) in [6, 6.07) is 0. The highest BCUT2D eigenvalue weighted by Gasteiger charge is 2.43. The number of aromatic nitrogens is 1. The Morgan fingerprint density at radius 2 is 2.31 bits per heavy atom. The van der Waals surface area contributed by atoms with Gasteiger partial charge in [-0.15, -0.1) is 11.3 Å². The van der Waals surface area contributed by atoms with Crippen LogP contribution < -0.4 is 0 Å². The van der Waals surface area contributed by atoms with Gasteiger partial charge >= 0.3 is 11.9 Å². The zero-order valence-electron chi connectivity index (χ0n) is 9.10. The molecule has 88 valence electrons. The van der Waals surface area contributed by atoms with Crippen LogP contribution in [0.25, 0.3) is 0 Å². The van der Waals surface area contributed by atoms with Crippen molar-refractivity contribution in [2.75, 3.05) is 6.61 Å². The summed E-state index contributed by atoms with van der Waals surface area (Å²) in [5, 5.41) is 11.5. The normalized spacial score (nSPS) is 14.1. The topological polar surface area (TPSA) is 76.5 Å². The maximum atomic E-state index is 11.6. The van der Waals surface area contributed by atoms with Crippen molar-refractivity contribution in [1.82, 2.24) is 4.98 Å². The first-order chi connectivity index (χ1) is 7.50. The molecule has 0 saturated heterocycles. The monoisotopic (exact) mass is 243 g/mol. The van der Waals surface area contributed by atoms with Crippen molar-refractivity contribution in [3.8, 4) is 0 Å². The fourth-order valence-corrected chi connectivity index (χ4v) is 1.94. The molecule has 0 fully saturated rings. The van der Waals surface area contributed by atoms with Crippen molar-refractivity contribution in [1.29, 1.82) is 0 Å². The molecule has 16 heavy (non-hydrogen) atoms. The van der Waals surface area contributed by atoms with Crippen LogP contribution in [-0.4, -0.2) is 28.6 Å². The molecule has 0 amide bonds. The number of nitrogens with zero attached hydrogens (tertiary/aromatic N) is 1. The molecule has 0 aliphatic carbocycles. The van der Waals surface area contributed by atoms with E-state index in [4.69, 9.17) is 9.84 Å². The first kappa shape index (κ1) is 12.6. The summed E-state index contributed by atoms with van der Waals surface area (Å²) < 4.78 is 4.77. The number of hydrogen-bond donors (Lipinski definition) is 1. The van der Waals surface area contributed by atoms with Crippen LogP contribution in [0.3, 0.4) is 0 Å². The van der Waals surface area contributed by atoms with Gasteiger partial charge in [0.1, 0.15) is 0 Å². The predicted molar refractivity (Wildman–Crippen MR) is 58.2 cm³/mol. The lowest BCUT2D eigenvalue weighted by atomic mass is 9.87. The lowest BCUT2D eigenvalue weighted by Gasteiger charge is -2.21. The minimum absolute atomic E-state index is 0.0544. The lowest BCUT2D eigenvalue weighted by molar-refractivity contribution is -0.167. The fraction of sp³-hybridized carbons (Fsp3) is 0.500. The van der Waals surface area contributed by atoms with Gasteiger partial charge in [-0.2, -0.15) is 0 Å². The second kappa shape index (κ2) is 5.07. The molecule has 1 rings (SSSR count). The quantitative estimate of drug-likeness (QED) is 0.623. The third-order valence-electron chi connectivity index (χ3n) is 2.19. The van der Waals surface area contributed by atoms with Gasteiger partial charge in [-0.3, -0.25) is 9.59 Å². The molecular weight excluding hydrogens is 230 g/mol. The van der Waals surface area contributed by atoms with Gasteiger partial charge in [-0.05, 0) is 13.8 Å². The molecule has 1 aromatic heterocycles. The summed E-state index contributed by atoms with van der Waals surface area (Å²) in [6.45, 7) is 3.16. The van der Waals surface area contributed by atoms with Gasteiger partial charge in [0.15, 0.2) is 5.41 Å². The molecule has 0 radical (unpaired) electrons. The van der Waals surface area contributed by atoms with Crippen LogP contribution in [0.1, 0.15) is 18.9 Å². The molecule has 0 aliphatic heterocycles. The molecule has 1 unspecified atom stereocenters. The third kappa shape index (κ3) is 2.57. The van der Waals surface area contributed by atoms with Crippen LogP contribution in [0.4, 0.5) is 0 Å². The van der Waals surface area contributed by atoms with Crippen LogP contribution in [0, 0.1) is 5.41 Å². The smallest absolute Gasteiger partial charge is 0.323 e. The molecule has 1 heterocycles. The molecular formula is C10H13NO4S. The van der Waals surface area contributed by atoms with Crippen LogP contribution in [-0.2, 0) is 20.7 Å². The van der Waals surface area contributed by atoms with Crippen LogP contribution in [0.2, 0.25) is 0 Å². The van der Waals surface area contributed by atoms with Gasteiger partial charge < -0.3 is 9.84 Å². The highest BCUT2D eigenvalue weighted by molar-refractivity contribution is 7.09. The van der Waals surface area contributed by atoms with Crippen LogP contribution in [0.5, 0.6) is 0 Å². The van der Waals surface area contributed by atoms with E-state index in [-0.39, 0.29) is 13.0 Å². The van der Waals surface area contributed by atoms with E-state index >= 15 is 0 Å². The summed E-state index contributed by atoms with van der Waals surface area (Å²) in [5.41, 5.74) is -1.56. The first-order valence-electron chi connectivity index (χ1n) is 4.79. The molecule has 6 heteroatoms. The van der Waals surface area contributed by atoms with Gasteiger partial charge in [-0.1, -0.05) is 0 Å². The Kier molecular flexibility index (Phi) is 4.00. The molecule has 0 bridgehead atoms. The zero-order valence-corrected chi connectivity index (χ0v) is 9.91. The number of carbonyl (C=O) groups excluding carboxylic acids is 1. The summed E-state index contributed by atoms with van der Waals surface area (Å²) in [4.78, 5) is 26.7. The van der Waals surface area contributed by atoms with E-state index in [1.807, 2.05) is 0 Å². The van der Waals surface area contributed by atoms with Crippen LogP contribution >= 0.6 is 11.3 Å². The summed E-state index contributed by atoms with van der Waals surface area (Å²) in [6.07, 6.45) is 1.63. The molecule has 0 aromatic carbocycles. The third-order valence-corrected chi connectivity index (χ3v) is 2.97. The zero-order chi connectivity index (χ0) is 12.2. The number of ether oxygens (including phenoxy) is 1. The van der Waals surface area contributed by atoms with Crippen molar-refractivity contribution in [3.63, 3.8) is 0 Å². The minimum Gasteiger partial charge on any atom is -0.480 e. The Morgan fingerprint density at radius 3 is 2.75 bits per heavy atom. The summed E-state index contributed by atoms with van der Waals surface area (Å²) in [7, 11) is 0. The van der Waals surface area contributed by atoms with E-state index in [0.717, 1.165) is 0 Å². The van der Waals surface area contributed by atoms with Gasteiger partial charge in [-0.25, -0.2) is 4.98 Å². The first-order valence-corrected chi connectivity index (χ1v) is 5.67. The number of thiazole rings is 1. The maximum absolute atomic E-state index is 11.6. The lowest BCUT2D eigenvalue weighted by Crippen LogP contribution is -2.39. The van der Waals surface area contributed by atoms with Crippen molar-refractivity contribution in [2.45, 2.75) is 20.3 Å². The van der Waals surface area contributed by atoms with E-state index in [1.54, 1.807) is 18.5 Å².